The quantitative estimate of drug-likeness (QED) is 0.171. The van der Waals surface area contributed by atoms with Crippen LogP contribution >= 0.6 is 0 Å². The Morgan fingerprint density at radius 2 is 1.42 bits per heavy atom. The SMILES string of the molecule is COC(=O)C[C@H](NC(=O)[C@H](C)NC(=O)[C@@H](NC(=O)[C@@H](Cc1ccc(O)cc1)NC(=O)OCc1ccccc1)C(C)C)C(=O)CF. The number of carbonyl (C=O) groups excluding carboxylic acids is 6. The van der Waals surface area contributed by atoms with Crippen molar-refractivity contribution in [3.05, 3.63) is 65.7 Å². The van der Waals surface area contributed by atoms with Crippen molar-refractivity contribution in [2.75, 3.05) is 13.8 Å². The number of benzene rings is 2. The number of rotatable bonds is 16. The van der Waals surface area contributed by atoms with Crippen molar-refractivity contribution in [1.82, 2.24) is 21.3 Å². The molecule has 0 aliphatic carbocycles. The molecule has 4 atom stereocenters. The first-order valence-corrected chi connectivity index (χ1v) is 14.2. The van der Waals surface area contributed by atoms with Crippen LogP contribution in [-0.2, 0) is 46.5 Å². The van der Waals surface area contributed by atoms with Gasteiger partial charge in [-0.25, -0.2) is 9.18 Å². The van der Waals surface area contributed by atoms with E-state index in [4.69, 9.17) is 4.74 Å². The number of ether oxygens (including phenoxy) is 2. The number of hydrogen-bond acceptors (Lipinski definition) is 9. The number of methoxy groups -OCH3 is 1. The lowest BCUT2D eigenvalue weighted by Gasteiger charge is -2.27. The van der Waals surface area contributed by atoms with E-state index in [0.29, 0.717) is 5.56 Å². The zero-order chi connectivity index (χ0) is 33.5. The van der Waals surface area contributed by atoms with Crippen LogP contribution in [0.15, 0.2) is 54.6 Å². The van der Waals surface area contributed by atoms with Gasteiger partial charge in [-0.3, -0.25) is 24.0 Å². The fourth-order valence-corrected chi connectivity index (χ4v) is 4.03. The molecule has 0 heterocycles. The smallest absolute Gasteiger partial charge is 0.408 e. The molecule has 14 heteroatoms. The molecule has 2 aromatic carbocycles. The number of alkyl halides is 1. The maximum atomic E-state index is 13.4. The summed E-state index contributed by atoms with van der Waals surface area (Å²) in [7, 11) is 1.07. The molecule has 2 aromatic rings. The molecule has 0 spiro atoms. The van der Waals surface area contributed by atoms with E-state index in [9.17, 15) is 38.3 Å². The Morgan fingerprint density at radius 1 is 0.778 bits per heavy atom. The van der Waals surface area contributed by atoms with Gasteiger partial charge in [0.2, 0.25) is 17.7 Å². The Labute approximate surface area is 260 Å². The molecule has 0 radical (unpaired) electrons. The van der Waals surface area contributed by atoms with E-state index in [0.717, 1.165) is 12.7 Å². The second-order valence-corrected chi connectivity index (χ2v) is 10.5. The van der Waals surface area contributed by atoms with Gasteiger partial charge in [-0.1, -0.05) is 56.3 Å². The first-order valence-electron chi connectivity index (χ1n) is 14.2. The Morgan fingerprint density at radius 3 is 2.00 bits per heavy atom. The van der Waals surface area contributed by atoms with Gasteiger partial charge in [-0.2, -0.15) is 0 Å². The molecule has 5 N–H and O–H groups in total. The highest BCUT2D eigenvalue weighted by atomic mass is 19.1. The maximum Gasteiger partial charge on any atom is 0.408 e. The zero-order valence-electron chi connectivity index (χ0n) is 25.5. The minimum Gasteiger partial charge on any atom is -0.508 e. The highest BCUT2D eigenvalue weighted by molar-refractivity contribution is 5.96. The number of phenolic OH excluding ortho intramolecular Hbond substituents is 1. The van der Waals surface area contributed by atoms with Gasteiger partial charge in [0.05, 0.1) is 13.5 Å². The number of halogens is 1. The molecule has 4 amide bonds. The lowest BCUT2D eigenvalue weighted by atomic mass is 10.0. The summed E-state index contributed by atoms with van der Waals surface area (Å²) >= 11 is 0. The average molecular weight is 631 g/mol. The fraction of sp³-hybridized carbons (Fsp3) is 0.419. The lowest BCUT2D eigenvalue weighted by Crippen LogP contribution is -2.58. The molecule has 0 saturated carbocycles. The number of hydrogen-bond donors (Lipinski definition) is 5. The number of amides is 4. The number of esters is 1. The normalized spacial score (nSPS) is 13.4. The molecule has 0 saturated heterocycles. The van der Waals surface area contributed by atoms with Gasteiger partial charge in [0.1, 0.15) is 43.2 Å². The maximum absolute atomic E-state index is 13.4. The molecule has 0 bridgehead atoms. The molecule has 0 aliphatic rings. The number of nitrogens with one attached hydrogen (secondary N) is 4. The minimum atomic E-state index is -1.50. The number of carbonyl (C=O) groups is 6. The van der Waals surface area contributed by atoms with Crippen molar-refractivity contribution in [2.24, 2.45) is 5.92 Å². The van der Waals surface area contributed by atoms with E-state index in [2.05, 4.69) is 26.0 Å². The van der Waals surface area contributed by atoms with Crippen LogP contribution in [0.25, 0.3) is 0 Å². The van der Waals surface area contributed by atoms with Crippen LogP contribution in [0.1, 0.15) is 38.3 Å². The van der Waals surface area contributed by atoms with Crippen LogP contribution in [0, 0.1) is 5.92 Å². The third kappa shape index (κ3) is 12.3. The predicted molar refractivity (Wildman–Crippen MR) is 159 cm³/mol. The number of Topliss-reactive ketones (excluding diaryl/α,β-unsaturated/α-hetero) is 1. The van der Waals surface area contributed by atoms with Crippen LogP contribution in [0.4, 0.5) is 9.18 Å². The molecular weight excluding hydrogens is 591 g/mol. The van der Waals surface area contributed by atoms with Crippen LogP contribution < -0.4 is 21.3 Å². The topological polar surface area (TPSA) is 189 Å². The van der Waals surface area contributed by atoms with Crippen molar-refractivity contribution in [3.63, 3.8) is 0 Å². The van der Waals surface area contributed by atoms with Crippen molar-refractivity contribution >= 4 is 35.6 Å². The molecule has 45 heavy (non-hydrogen) atoms. The van der Waals surface area contributed by atoms with Crippen LogP contribution in [0.3, 0.4) is 0 Å². The van der Waals surface area contributed by atoms with E-state index in [1.54, 1.807) is 50.2 Å². The second-order valence-electron chi connectivity index (χ2n) is 10.5. The van der Waals surface area contributed by atoms with Gasteiger partial charge >= 0.3 is 12.1 Å². The van der Waals surface area contributed by atoms with Gasteiger partial charge < -0.3 is 35.8 Å². The summed E-state index contributed by atoms with van der Waals surface area (Å²) in [6, 6.07) is 9.77. The summed E-state index contributed by atoms with van der Waals surface area (Å²) in [5, 5.41) is 19.4. The predicted octanol–water partition coefficient (Wildman–Crippen LogP) is 1.46. The average Bonchev–Trinajstić information content (AvgIpc) is 3.02. The molecular formula is C31H39FN4O9. The van der Waals surface area contributed by atoms with Crippen molar-refractivity contribution in [2.45, 2.75) is 64.4 Å². The number of aromatic hydroxyl groups is 1. The van der Waals surface area contributed by atoms with Gasteiger partial charge in [-0.05, 0) is 36.1 Å². The lowest BCUT2D eigenvalue weighted by molar-refractivity contribution is -0.143. The summed E-state index contributed by atoms with van der Waals surface area (Å²) in [5.41, 5.74) is 1.32. The third-order valence-corrected chi connectivity index (χ3v) is 6.63. The Bertz CT molecular complexity index is 1320. The molecule has 244 valence electrons. The summed E-state index contributed by atoms with van der Waals surface area (Å²) in [6.45, 7) is 3.13. The van der Waals surface area contributed by atoms with Gasteiger partial charge in [-0.15, -0.1) is 0 Å². The summed E-state index contributed by atoms with van der Waals surface area (Å²) < 4.78 is 22.7. The zero-order valence-corrected chi connectivity index (χ0v) is 25.5. The van der Waals surface area contributed by atoms with E-state index in [-0.39, 0.29) is 18.8 Å². The van der Waals surface area contributed by atoms with Gasteiger partial charge in [0.15, 0.2) is 5.78 Å². The molecule has 0 aromatic heterocycles. The molecule has 2 rings (SSSR count). The molecule has 0 fully saturated rings. The van der Waals surface area contributed by atoms with Gasteiger partial charge in [0, 0.05) is 6.42 Å². The van der Waals surface area contributed by atoms with E-state index in [1.165, 1.54) is 19.1 Å². The Hall–Kier alpha value is -5.01. The summed E-state index contributed by atoms with van der Waals surface area (Å²) in [4.78, 5) is 75.4. The van der Waals surface area contributed by atoms with Crippen LogP contribution in [-0.4, -0.2) is 78.6 Å². The first kappa shape index (κ1) is 36.2. The minimum absolute atomic E-state index is 0.00959. The highest BCUT2D eigenvalue weighted by Crippen LogP contribution is 2.13. The molecule has 13 nitrogen and oxygen atoms in total. The van der Waals surface area contributed by atoms with Crippen LogP contribution in [0.2, 0.25) is 0 Å². The molecule has 0 unspecified atom stereocenters. The van der Waals surface area contributed by atoms with Crippen molar-refractivity contribution in [3.8, 4) is 5.75 Å². The highest BCUT2D eigenvalue weighted by Gasteiger charge is 2.32. The van der Waals surface area contributed by atoms with Gasteiger partial charge in [0.25, 0.3) is 0 Å². The third-order valence-electron chi connectivity index (χ3n) is 6.63. The molecule has 0 aliphatic heterocycles. The van der Waals surface area contributed by atoms with E-state index < -0.39 is 78.7 Å². The van der Waals surface area contributed by atoms with Crippen molar-refractivity contribution in [1.29, 1.82) is 0 Å². The number of ketones is 1. The van der Waals surface area contributed by atoms with E-state index >= 15 is 0 Å². The van der Waals surface area contributed by atoms with Crippen LogP contribution in [0.5, 0.6) is 5.75 Å². The number of alkyl carbamates (subject to hydrolysis) is 1. The monoisotopic (exact) mass is 630 g/mol. The number of phenols is 1. The standard InChI is InChI=1S/C31H39FN4O9/c1-18(2)27(30(42)33-19(3)28(40)34-23(25(38)16-32)15-26(39)44-4)36-29(41)24(14-20-10-12-22(37)13-11-20)35-31(43)45-17-21-8-6-5-7-9-21/h5-13,18-19,23-24,27,37H,14-17H2,1-4H3,(H,33,42)(H,34,40)(H,35,43)(H,36,41)/t19-,23-,24+,27-/m0/s1. The Kier molecular flexibility index (Phi) is 14.4. The second kappa shape index (κ2) is 18.0. The summed E-state index contributed by atoms with van der Waals surface area (Å²) in [5.74, 6) is -4.72. The fourth-order valence-electron chi connectivity index (χ4n) is 4.03. The summed E-state index contributed by atoms with van der Waals surface area (Å²) in [6.07, 6.45) is -1.49. The Balaban J connectivity index is 2.13. The van der Waals surface area contributed by atoms with E-state index in [1.807, 2.05) is 6.07 Å². The first-order chi connectivity index (χ1) is 21.3. The largest absolute Gasteiger partial charge is 0.508 e. The van der Waals surface area contributed by atoms with Crippen molar-refractivity contribution < 1.29 is 47.7 Å².